The molecule has 0 aliphatic carbocycles. The Hall–Kier alpha value is -1.02. The van der Waals surface area contributed by atoms with Crippen LogP contribution in [0.3, 0.4) is 0 Å². The highest BCUT2D eigenvalue weighted by molar-refractivity contribution is 5.36. The molecule has 2 rings (SSSR count). The van der Waals surface area contributed by atoms with Crippen LogP contribution >= 0.6 is 0 Å². The molecule has 0 aromatic heterocycles. The molecule has 1 atom stereocenters. The van der Waals surface area contributed by atoms with Crippen molar-refractivity contribution in [2.24, 2.45) is 0 Å². The van der Waals surface area contributed by atoms with Crippen LogP contribution in [0.25, 0.3) is 0 Å². The summed E-state index contributed by atoms with van der Waals surface area (Å²) in [7, 11) is 3.71. The molecule has 0 amide bonds. The summed E-state index contributed by atoms with van der Waals surface area (Å²) < 4.78 is 13.2. The number of hydrogen-bond donors (Lipinski definition) is 0. The van der Waals surface area contributed by atoms with Crippen molar-refractivity contribution in [3.63, 3.8) is 0 Å². The first-order valence-corrected chi connectivity index (χ1v) is 4.99. The fourth-order valence-corrected chi connectivity index (χ4v) is 1.80. The van der Waals surface area contributed by atoms with Crippen LogP contribution in [-0.4, -0.2) is 32.1 Å². The predicted molar refractivity (Wildman–Crippen MR) is 57.9 cm³/mol. The minimum atomic E-state index is -0.111. The Balaban J connectivity index is 2.30. The molecule has 1 heterocycles. The van der Waals surface area contributed by atoms with Crippen LogP contribution in [0.15, 0.2) is 18.2 Å². The molecule has 2 heteroatoms. The van der Waals surface area contributed by atoms with Crippen LogP contribution in [0.4, 0.5) is 0 Å². The molecule has 0 N–H and O–H groups in total. The summed E-state index contributed by atoms with van der Waals surface area (Å²) >= 11 is 0. The van der Waals surface area contributed by atoms with E-state index in [1.807, 2.05) is 13.1 Å². The van der Waals surface area contributed by atoms with Crippen LogP contribution < -0.4 is 4.74 Å². The number of fused-ring (bicyclic) bond motifs is 1. The van der Waals surface area contributed by atoms with Gasteiger partial charge in [0.1, 0.15) is 5.75 Å². The summed E-state index contributed by atoms with van der Waals surface area (Å²) in [4.78, 5) is 2.09. The fraction of sp³-hybridized carbons (Fsp3) is 0.500. The molecular formula is C12H17NO. The number of methoxy groups -OCH3 is 1. The van der Waals surface area contributed by atoms with Gasteiger partial charge in [0, 0.05) is 14.4 Å². The molecule has 0 bridgehead atoms. The SMILES string of the molecule is [2H]C1Cc2ccc(OC)cc2CCN1C. The van der Waals surface area contributed by atoms with Gasteiger partial charge in [-0.15, -0.1) is 0 Å². The van der Waals surface area contributed by atoms with E-state index in [1.165, 1.54) is 11.1 Å². The number of rotatable bonds is 1. The van der Waals surface area contributed by atoms with E-state index < -0.39 is 0 Å². The lowest BCUT2D eigenvalue weighted by atomic mass is 10.0. The van der Waals surface area contributed by atoms with Crippen molar-refractivity contribution in [2.45, 2.75) is 12.8 Å². The van der Waals surface area contributed by atoms with E-state index in [-0.39, 0.29) is 6.52 Å². The van der Waals surface area contributed by atoms with Crippen LogP contribution in [0.1, 0.15) is 12.5 Å². The average Bonchev–Trinajstić information content (AvgIpc) is 2.39. The predicted octanol–water partition coefficient (Wildman–Crippen LogP) is 1.73. The van der Waals surface area contributed by atoms with Crippen molar-refractivity contribution in [3.05, 3.63) is 29.3 Å². The lowest BCUT2D eigenvalue weighted by Crippen LogP contribution is -2.20. The van der Waals surface area contributed by atoms with E-state index in [9.17, 15) is 0 Å². The van der Waals surface area contributed by atoms with Crippen molar-refractivity contribution < 1.29 is 6.11 Å². The highest BCUT2D eigenvalue weighted by Crippen LogP contribution is 2.21. The third-order valence-electron chi connectivity index (χ3n) is 2.77. The minimum absolute atomic E-state index is 0.111. The van der Waals surface area contributed by atoms with Crippen molar-refractivity contribution >= 4 is 0 Å². The Bertz CT molecular complexity index is 353. The zero-order valence-corrected chi connectivity index (χ0v) is 8.79. The second kappa shape index (κ2) is 4.01. The lowest BCUT2D eigenvalue weighted by Gasteiger charge is -2.10. The van der Waals surface area contributed by atoms with Gasteiger partial charge in [-0.3, -0.25) is 0 Å². The normalized spacial score (nSPS) is 23.6. The van der Waals surface area contributed by atoms with E-state index in [0.29, 0.717) is 0 Å². The topological polar surface area (TPSA) is 12.5 Å². The lowest BCUT2D eigenvalue weighted by molar-refractivity contribution is 0.352. The van der Waals surface area contributed by atoms with Gasteiger partial charge in [-0.1, -0.05) is 6.07 Å². The standard InChI is InChI=1S/C12H17NO/c1-13-7-5-10-3-4-12(14-2)9-11(10)6-8-13/h3-4,9H,5-8H2,1-2H3/i7D. The summed E-state index contributed by atoms with van der Waals surface area (Å²) in [5, 5.41) is 0. The maximum atomic E-state index is 7.94. The summed E-state index contributed by atoms with van der Waals surface area (Å²) in [5.41, 5.74) is 2.62. The smallest absolute Gasteiger partial charge is 0.119 e. The molecule has 1 aliphatic heterocycles. The first kappa shape index (κ1) is 8.30. The highest BCUT2D eigenvalue weighted by atomic mass is 16.5. The first-order valence-electron chi connectivity index (χ1n) is 5.56. The van der Waals surface area contributed by atoms with Crippen LogP contribution in [0.2, 0.25) is 0 Å². The van der Waals surface area contributed by atoms with Gasteiger partial charge in [0.25, 0.3) is 0 Å². The number of hydrogen-bond acceptors (Lipinski definition) is 2. The zero-order chi connectivity index (χ0) is 10.8. The number of aryl methyl sites for hydroxylation is 1. The molecule has 0 saturated carbocycles. The third-order valence-corrected chi connectivity index (χ3v) is 2.77. The largest absolute Gasteiger partial charge is 0.497 e. The van der Waals surface area contributed by atoms with Crippen LogP contribution in [0.5, 0.6) is 5.75 Å². The van der Waals surface area contributed by atoms with Gasteiger partial charge in [0.05, 0.1) is 7.11 Å². The Morgan fingerprint density at radius 2 is 2.21 bits per heavy atom. The molecule has 1 aromatic rings. The van der Waals surface area contributed by atoms with Gasteiger partial charge >= 0.3 is 0 Å². The maximum absolute atomic E-state index is 7.94. The molecule has 0 radical (unpaired) electrons. The average molecular weight is 192 g/mol. The number of benzene rings is 1. The molecule has 1 aliphatic rings. The quantitative estimate of drug-likeness (QED) is 0.672. The summed E-state index contributed by atoms with van der Waals surface area (Å²) in [5.74, 6) is 0.917. The van der Waals surface area contributed by atoms with Gasteiger partial charge in [0.2, 0.25) is 0 Å². The third kappa shape index (κ3) is 1.90. The molecule has 1 unspecified atom stereocenters. The second-order valence-electron chi connectivity index (χ2n) is 3.75. The molecule has 0 spiro atoms. The van der Waals surface area contributed by atoms with Crippen molar-refractivity contribution in [3.8, 4) is 5.75 Å². The zero-order valence-electron chi connectivity index (χ0n) is 9.79. The van der Waals surface area contributed by atoms with Gasteiger partial charge < -0.3 is 9.64 Å². The first-order chi connectivity index (χ1) is 7.20. The Labute approximate surface area is 86.9 Å². The van der Waals surface area contributed by atoms with E-state index in [1.54, 1.807) is 7.11 Å². The van der Waals surface area contributed by atoms with E-state index in [4.69, 9.17) is 6.11 Å². The summed E-state index contributed by atoms with van der Waals surface area (Å²) in [6.07, 6.45) is 1.83. The van der Waals surface area contributed by atoms with Crippen molar-refractivity contribution in [1.29, 1.82) is 0 Å². The van der Waals surface area contributed by atoms with Crippen LogP contribution in [-0.2, 0) is 12.8 Å². The van der Waals surface area contributed by atoms with E-state index in [2.05, 4.69) is 17.0 Å². The maximum Gasteiger partial charge on any atom is 0.119 e. The molecule has 0 fully saturated rings. The Morgan fingerprint density at radius 3 is 3.00 bits per heavy atom. The molecule has 14 heavy (non-hydrogen) atoms. The van der Waals surface area contributed by atoms with E-state index in [0.717, 1.165) is 25.1 Å². The van der Waals surface area contributed by atoms with Gasteiger partial charge in [0.15, 0.2) is 0 Å². The number of ether oxygens (including phenoxy) is 1. The number of nitrogens with zero attached hydrogens (tertiary/aromatic N) is 1. The molecule has 76 valence electrons. The van der Waals surface area contributed by atoms with Gasteiger partial charge in [-0.2, -0.15) is 0 Å². The monoisotopic (exact) mass is 192 g/mol. The highest BCUT2D eigenvalue weighted by Gasteiger charge is 2.11. The van der Waals surface area contributed by atoms with E-state index >= 15 is 0 Å². The summed E-state index contributed by atoms with van der Waals surface area (Å²) in [6, 6.07) is 6.17. The molecular weight excluding hydrogens is 174 g/mol. The van der Waals surface area contributed by atoms with Crippen molar-refractivity contribution in [1.82, 2.24) is 4.90 Å². The molecule has 2 nitrogen and oxygen atoms in total. The Morgan fingerprint density at radius 1 is 1.36 bits per heavy atom. The fourth-order valence-electron chi connectivity index (χ4n) is 1.80. The van der Waals surface area contributed by atoms with Crippen molar-refractivity contribution in [2.75, 3.05) is 27.2 Å². The second-order valence-corrected chi connectivity index (χ2v) is 3.75. The summed E-state index contributed by atoms with van der Waals surface area (Å²) in [6.45, 7) is 0.841. The molecule has 1 aromatic carbocycles. The molecule has 0 saturated heterocycles. The number of likely N-dealkylation sites (N-methyl/N-ethyl adjacent to an activating group) is 1. The van der Waals surface area contributed by atoms with Crippen LogP contribution in [0, 0.1) is 0 Å². The minimum Gasteiger partial charge on any atom is -0.497 e. The van der Waals surface area contributed by atoms with Gasteiger partial charge in [-0.25, -0.2) is 0 Å². The Kier molecular flexibility index (Phi) is 2.38. The van der Waals surface area contributed by atoms with Gasteiger partial charge in [-0.05, 0) is 43.1 Å².